The first kappa shape index (κ1) is 16.5. The Morgan fingerprint density at radius 2 is 1.44 bits per heavy atom. The third-order valence-electron chi connectivity index (χ3n) is 5.09. The van der Waals surface area contributed by atoms with E-state index in [0.717, 1.165) is 15.8 Å². The first-order valence-corrected chi connectivity index (χ1v) is 9.84. The maximum absolute atomic E-state index is 6.38. The molecule has 1 aliphatic heterocycles. The highest BCUT2D eigenvalue weighted by atomic mass is 79.9. The topological polar surface area (TPSA) is 21.3 Å². The molecule has 0 unspecified atom stereocenters. The lowest BCUT2D eigenvalue weighted by Crippen LogP contribution is -2.35. The van der Waals surface area contributed by atoms with Crippen molar-refractivity contribution in [3.63, 3.8) is 0 Å². The molecule has 0 saturated heterocycles. The molecule has 0 aliphatic carbocycles. The molecule has 4 aromatic carbocycles. The zero-order valence-electron chi connectivity index (χ0n) is 14.6. The molecule has 0 saturated carbocycles. The highest BCUT2D eigenvalue weighted by molar-refractivity contribution is 9.10. The van der Waals surface area contributed by atoms with Gasteiger partial charge in [0.25, 0.3) is 0 Å². The van der Waals surface area contributed by atoms with E-state index < -0.39 is 0 Å². The number of benzene rings is 4. The fraction of sp³-hybridized carbons (Fsp3) is 0.0833. The van der Waals surface area contributed by atoms with Crippen LogP contribution >= 0.6 is 15.9 Å². The van der Waals surface area contributed by atoms with E-state index >= 15 is 0 Å². The number of nitrogens with one attached hydrogen (secondary N) is 1. The number of rotatable bonds is 2. The molecule has 0 amide bonds. The smallest absolute Gasteiger partial charge is 0.177 e. The molecule has 0 bridgehead atoms. The Balaban J connectivity index is 1.69. The second-order valence-corrected chi connectivity index (χ2v) is 7.67. The number of fused-ring (bicyclic) bond motifs is 3. The normalized spacial score (nSPS) is 18.7. The molecular weight excluding hydrogens is 398 g/mol. The molecule has 0 aromatic heterocycles. The van der Waals surface area contributed by atoms with E-state index in [1.54, 1.807) is 0 Å². The van der Waals surface area contributed by atoms with Gasteiger partial charge in [-0.05, 0) is 34.5 Å². The largest absolute Gasteiger partial charge is 0.471 e. The molecule has 1 aliphatic rings. The third kappa shape index (κ3) is 3.03. The monoisotopic (exact) mass is 415 g/mol. The van der Waals surface area contributed by atoms with Crippen molar-refractivity contribution in [3.05, 3.63) is 112 Å². The average Bonchev–Trinajstić information content (AvgIpc) is 2.74. The van der Waals surface area contributed by atoms with Crippen LogP contribution in [0.1, 0.15) is 29.0 Å². The predicted molar refractivity (Wildman–Crippen MR) is 113 cm³/mol. The summed E-state index contributed by atoms with van der Waals surface area (Å²) in [6.45, 7) is 0. The zero-order chi connectivity index (χ0) is 18.2. The van der Waals surface area contributed by atoms with Gasteiger partial charge in [-0.15, -0.1) is 0 Å². The minimum absolute atomic E-state index is 0.0538. The minimum Gasteiger partial charge on any atom is -0.471 e. The Bertz CT molecular complexity index is 1090. The van der Waals surface area contributed by atoms with E-state index in [4.69, 9.17) is 4.74 Å². The SMILES string of the molecule is Brc1ccc([C@@H]2N[C@@H](c3ccccc3)Oc3ccc4ccccc4c32)cc1. The van der Waals surface area contributed by atoms with Crippen LogP contribution < -0.4 is 10.1 Å². The summed E-state index contributed by atoms with van der Waals surface area (Å²) in [6, 6.07) is 31.6. The lowest BCUT2D eigenvalue weighted by atomic mass is 9.91. The van der Waals surface area contributed by atoms with Crippen LogP contribution in [0.2, 0.25) is 0 Å². The molecule has 0 radical (unpaired) electrons. The first-order valence-electron chi connectivity index (χ1n) is 9.04. The van der Waals surface area contributed by atoms with Crippen molar-refractivity contribution in [3.8, 4) is 5.75 Å². The van der Waals surface area contributed by atoms with E-state index in [-0.39, 0.29) is 12.3 Å². The van der Waals surface area contributed by atoms with Crippen molar-refractivity contribution in [2.45, 2.75) is 12.3 Å². The van der Waals surface area contributed by atoms with Crippen LogP contribution in [0.3, 0.4) is 0 Å². The maximum atomic E-state index is 6.38. The van der Waals surface area contributed by atoms with Crippen molar-refractivity contribution in [1.82, 2.24) is 5.32 Å². The Morgan fingerprint density at radius 1 is 0.704 bits per heavy atom. The molecule has 5 rings (SSSR count). The van der Waals surface area contributed by atoms with E-state index in [9.17, 15) is 0 Å². The van der Waals surface area contributed by atoms with Crippen LogP contribution in [0.4, 0.5) is 0 Å². The van der Waals surface area contributed by atoms with Gasteiger partial charge in [-0.25, -0.2) is 0 Å². The van der Waals surface area contributed by atoms with Crippen LogP contribution in [0, 0.1) is 0 Å². The molecule has 0 fully saturated rings. The van der Waals surface area contributed by atoms with Crippen LogP contribution in [0.5, 0.6) is 5.75 Å². The zero-order valence-corrected chi connectivity index (χ0v) is 16.2. The van der Waals surface area contributed by atoms with Gasteiger partial charge in [0, 0.05) is 15.6 Å². The number of halogens is 1. The quantitative estimate of drug-likeness (QED) is 0.410. The molecule has 1 heterocycles. The van der Waals surface area contributed by atoms with Gasteiger partial charge in [-0.2, -0.15) is 0 Å². The predicted octanol–water partition coefficient (Wildman–Crippen LogP) is 6.37. The molecule has 0 spiro atoms. The molecule has 132 valence electrons. The Hall–Kier alpha value is -2.62. The molecule has 27 heavy (non-hydrogen) atoms. The Labute approximate surface area is 166 Å². The summed E-state index contributed by atoms with van der Waals surface area (Å²) in [6.07, 6.45) is -0.187. The molecule has 4 aromatic rings. The average molecular weight is 416 g/mol. The van der Waals surface area contributed by atoms with Crippen LogP contribution in [0.15, 0.2) is 95.5 Å². The summed E-state index contributed by atoms with van der Waals surface area (Å²) < 4.78 is 7.46. The van der Waals surface area contributed by atoms with Crippen LogP contribution in [-0.4, -0.2) is 0 Å². The molecule has 1 N–H and O–H groups in total. The lowest BCUT2D eigenvalue weighted by Gasteiger charge is -2.35. The van der Waals surface area contributed by atoms with Crippen molar-refractivity contribution < 1.29 is 4.74 Å². The van der Waals surface area contributed by atoms with Crippen LogP contribution in [-0.2, 0) is 0 Å². The fourth-order valence-corrected chi connectivity index (χ4v) is 4.05. The number of ether oxygens (including phenoxy) is 1. The second-order valence-electron chi connectivity index (χ2n) is 6.76. The summed E-state index contributed by atoms with van der Waals surface area (Å²) in [5.41, 5.74) is 3.54. The highest BCUT2D eigenvalue weighted by Gasteiger charge is 2.31. The lowest BCUT2D eigenvalue weighted by molar-refractivity contribution is 0.134. The fourth-order valence-electron chi connectivity index (χ4n) is 3.78. The van der Waals surface area contributed by atoms with Gasteiger partial charge in [0.1, 0.15) is 5.75 Å². The minimum atomic E-state index is -0.187. The Morgan fingerprint density at radius 3 is 2.26 bits per heavy atom. The summed E-state index contributed by atoms with van der Waals surface area (Å²) in [5, 5.41) is 6.16. The van der Waals surface area contributed by atoms with E-state index in [2.05, 4.69) is 94.0 Å². The molecule has 2 nitrogen and oxygen atoms in total. The van der Waals surface area contributed by atoms with Crippen molar-refractivity contribution >= 4 is 26.7 Å². The molecule has 2 atom stereocenters. The summed E-state index contributed by atoms with van der Waals surface area (Å²) >= 11 is 3.54. The van der Waals surface area contributed by atoms with Gasteiger partial charge in [0.15, 0.2) is 6.23 Å². The van der Waals surface area contributed by atoms with Crippen molar-refractivity contribution in [2.75, 3.05) is 0 Å². The van der Waals surface area contributed by atoms with Gasteiger partial charge in [-0.3, -0.25) is 5.32 Å². The van der Waals surface area contributed by atoms with Crippen molar-refractivity contribution in [2.24, 2.45) is 0 Å². The van der Waals surface area contributed by atoms with Crippen molar-refractivity contribution in [1.29, 1.82) is 0 Å². The molecular formula is C24H18BrNO. The standard InChI is InChI=1S/C24H18BrNO/c25-19-13-10-17(11-14-19)23-22-20-9-5-4-6-16(20)12-15-21(22)27-24(26-23)18-7-2-1-3-8-18/h1-15,23-24,26H/t23-,24+/m0/s1. The van der Waals surface area contributed by atoms with E-state index in [1.165, 1.54) is 21.9 Å². The number of hydrogen-bond donors (Lipinski definition) is 1. The van der Waals surface area contributed by atoms with Gasteiger partial charge in [0.2, 0.25) is 0 Å². The summed E-state index contributed by atoms with van der Waals surface area (Å²) in [4.78, 5) is 0. The first-order chi connectivity index (χ1) is 13.3. The van der Waals surface area contributed by atoms with E-state index in [1.807, 2.05) is 18.2 Å². The van der Waals surface area contributed by atoms with Gasteiger partial charge < -0.3 is 4.74 Å². The maximum Gasteiger partial charge on any atom is 0.177 e. The van der Waals surface area contributed by atoms with Gasteiger partial charge >= 0.3 is 0 Å². The highest BCUT2D eigenvalue weighted by Crippen LogP contribution is 2.42. The summed E-state index contributed by atoms with van der Waals surface area (Å²) in [5.74, 6) is 0.939. The van der Waals surface area contributed by atoms with Crippen LogP contribution in [0.25, 0.3) is 10.8 Å². The number of hydrogen-bond acceptors (Lipinski definition) is 2. The second kappa shape index (κ2) is 6.84. The Kier molecular flexibility index (Phi) is 4.19. The third-order valence-corrected chi connectivity index (χ3v) is 5.62. The van der Waals surface area contributed by atoms with Gasteiger partial charge in [-0.1, -0.05) is 88.7 Å². The summed E-state index contributed by atoms with van der Waals surface area (Å²) in [7, 11) is 0. The van der Waals surface area contributed by atoms with E-state index in [0.29, 0.717) is 0 Å². The molecule has 3 heteroatoms. The van der Waals surface area contributed by atoms with Gasteiger partial charge in [0.05, 0.1) is 6.04 Å².